The predicted molar refractivity (Wildman–Crippen MR) is 142 cm³/mol. The van der Waals surface area contributed by atoms with Crippen molar-refractivity contribution in [3.05, 3.63) is 102 Å². The van der Waals surface area contributed by atoms with E-state index in [0.717, 1.165) is 18.1 Å². The van der Waals surface area contributed by atoms with Crippen molar-refractivity contribution < 1.29 is 4.74 Å². The number of nitrogens with zero attached hydrogens (tertiary/aromatic N) is 1. The molecule has 0 spiro atoms. The van der Waals surface area contributed by atoms with E-state index in [9.17, 15) is 0 Å². The maximum Gasteiger partial charge on any atom is 0.118 e. The van der Waals surface area contributed by atoms with Gasteiger partial charge in [-0.15, -0.1) is 12.4 Å². The highest BCUT2D eigenvalue weighted by Gasteiger charge is 2.21. The summed E-state index contributed by atoms with van der Waals surface area (Å²) < 4.78 is 5.26. The van der Waals surface area contributed by atoms with Crippen LogP contribution in [0.3, 0.4) is 0 Å². The molecule has 4 rings (SSSR count). The van der Waals surface area contributed by atoms with E-state index in [1.54, 1.807) is 7.11 Å². The highest BCUT2D eigenvalue weighted by molar-refractivity contribution is 5.85. The predicted octanol–water partition coefficient (Wildman–Crippen LogP) is 7.37. The normalized spacial score (nSPS) is 14.7. The van der Waals surface area contributed by atoms with Gasteiger partial charge in [0.25, 0.3) is 0 Å². The van der Waals surface area contributed by atoms with Crippen LogP contribution in [0, 0.1) is 5.92 Å². The summed E-state index contributed by atoms with van der Waals surface area (Å²) in [4.78, 5) is 2.67. The molecule has 1 aliphatic heterocycles. The number of benzene rings is 3. The lowest BCUT2D eigenvalue weighted by atomic mass is 9.83. The smallest absolute Gasteiger partial charge is 0.118 e. The molecule has 3 aromatic rings. The Hall–Kier alpha value is -2.29. The van der Waals surface area contributed by atoms with E-state index in [1.165, 1.54) is 68.4 Å². The van der Waals surface area contributed by atoms with Gasteiger partial charge in [0.15, 0.2) is 0 Å². The van der Waals surface area contributed by atoms with Crippen LogP contribution in [0.15, 0.2) is 84.9 Å². The second-order valence-electron chi connectivity index (χ2n) is 9.19. The first-order valence-corrected chi connectivity index (χ1v) is 12.3. The van der Waals surface area contributed by atoms with Crippen molar-refractivity contribution in [3.8, 4) is 5.75 Å². The molecule has 0 bridgehead atoms. The topological polar surface area (TPSA) is 12.5 Å². The van der Waals surface area contributed by atoms with Crippen molar-refractivity contribution in [1.82, 2.24) is 4.90 Å². The quantitative estimate of drug-likeness (QED) is 0.311. The van der Waals surface area contributed by atoms with Crippen LogP contribution in [0.5, 0.6) is 5.75 Å². The molecule has 0 atom stereocenters. The Labute approximate surface area is 206 Å². The second-order valence-corrected chi connectivity index (χ2v) is 9.19. The molecular formula is C30H38ClNO. The molecule has 0 aliphatic carbocycles. The first-order chi connectivity index (χ1) is 15.8. The standard InChI is InChI=1S/C30H37NO.ClH/c1-32-29-17-14-25(15-18-29)9-8-22-31-23-20-26(21-24-31)16-19-30(27-10-4-2-5-11-27)28-12-6-3-7-13-28;/h2-7,10-15,17-18,26,30H,8-9,16,19-24H2,1H3;1H. The van der Waals surface area contributed by atoms with Crippen LogP contribution in [0.2, 0.25) is 0 Å². The third-order valence-electron chi connectivity index (χ3n) is 7.07. The summed E-state index contributed by atoms with van der Waals surface area (Å²) in [5.74, 6) is 2.32. The zero-order valence-corrected chi connectivity index (χ0v) is 20.7. The maximum atomic E-state index is 5.26. The second kappa shape index (κ2) is 13.4. The number of ether oxygens (including phenoxy) is 1. The number of piperidine rings is 1. The summed E-state index contributed by atoms with van der Waals surface area (Å²) in [6.45, 7) is 3.73. The van der Waals surface area contributed by atoms with Gasteiger partial charge in [-0.2, -0.15) is 0 Å². The Morgan fingerprint density at radius 2 is 1.39 bits per heavy atom. The zero-order chi connectivity index (χ0) is 22.0. The fourth-order valence-corrected chi connectivity index (χ4v) is 5.10. The number of rotatable bonds is 10. The monoisotopic (exact) mass is 463 g/mol. The van der Waals surface area contributed by atoms with Crippen LogP contribution >= 0.6 is 12.4 Å². The van der Waals surface area contributed by atoms with Crippen molar-refractivity contribution in [2.24, 2.45) is 5.92 Å². The molecular weight excluding hydrogens is 426 g/mol. The third kappa shape index (κ3) is 7.62. The maximum absolute atomic E-state index is 5.26. The fraction of sp³-hybridized carbons (Fsp3) is 0.400. The highest BCUT2D eigenvalue weighted by atomic mass is 35.5. The van der Waals surface area contributed by atoms with Crippen molar-refractivity contribution >= 4 is 12.4 Å². The molecule has 0 amide bonds. The lowest BCUT2D eigenvalue weighted by molar-refractivity contribution is 0.175. The summed E-state index contributed by atoms with van der Waals surface area (Å²) in [5.41, 5.74) is 4.32. The van der Waals surface area contributed by atoms with E-state index in [-0.39, 0.29) is 12.4 Å². The minimum Gasteiger partial charge on any atom is -0.497 e. The van der Waals surface area contributed by atoms with Crippen LogP contribution < -0.4 is 4.74 Å². The van der Waals surface area contributed by atoms with Gasteiger partial charge in [-0.25, -0.2) is 0 Å². The molecule has 0 unspecified atom stereocenters. The molecule has 0 saturated carbocycles. The number of likely N-dealkylation sites (tertiary alicyclic amines) is 1. The zero-order valence-electron chi connectivity index (χ0n) is 19.9. The van der Waals surface area contributed by atoms with Crippen molar-refractivity contribution in [1.29, 1.82) is 0 Å². The van der Waals surface area contributed by atoms with Gasteiger partial charge in [0.05, 0.1) is 7.11 Å². The Kier molecular flexibility index (Phi) is 10.3. The Morgan fingerprint density at radius 3 is 1.94 bits per heavy atom. The molecule has 0 N–H and O–H groups in total. The van der Waals surface area contributed by atoms with E-state index in [2.05, 4.69) is 89.8 Å². The first-order valence-electron chi connectivity index (χ1n) is 12.3. The number of halogens is 1. The van der Waals surface area contributed by atoms with Crippen LogP contribution in [0.25, 0.3) is 0 Å². The molecule has 3 heteroatoms. The van der Waals surface area contributed by atoms with E-state index < -0.39 is 0 Å². The van der Waals surface area contributed by atoms with E-state index in [0.29, 0.717) is 5.92 Å². The van der Waals surface area contributed by atoms with Crippen molar-refractivity contribution in [2.45, 2.75) is 44.4 Å². The van der Waals surface area contributed by atoms with Crippen LogP contribution in [-0.4, -0.2) is 31.6 Å². The van der Waals surface area contributed by atoms with Gasteiger partial charge in [-0.1, -0.05) is 72.8 Å². The lowest BCUT2D eigenvalue weighted by Crippen LogP contribution is -2.34. The molecule has 0 radical (unpaired) electrons. The Balaban J connectivity index is 0.00000306. The molecule has 1 saturated heterocycles. The SMILES string of the molecule is COc1ccc(CCCN2CCC(CCC(c3ccccc3)c3ccccc3)CC2)cc1.Cl. The van der Waals surface area contributed by atoms with Crippen molar-refractivity contribution in [2.75, 3.05) is 26.7 Å². The molecule has 1 heterocycles. The van der Waals surface area contributed by atoms with Gasteiger partial charge in [0.1, 0.15) is 5.75 Å². The number of methoxy groups -OCH3 is 1. The molecule has 1 aliphatic rings. The van der Waals surface area contributed by atoms with E-state index >= 15 is 0 Å². The van der Waals surface area contributed by atoms with Crippen molar-refractivity contribution in [3.63, 3.8) is 0 Å². The molecule has 3 aromatic carbocycles. The average Bonchev–Trinajstić information content (AvgIpc) is 2.87. The third-order valence-corrected chi connectivity index (χ3v) is 7.07. The highest BCUT2D eigenvalue weighted by Crippen LogP contribution is 2.33. The number of aryl methyl sites for hydroxylation is 1. The fourth-order valence-electron chi connectivity index (χ4n) is 5.10. The molecule has 176 valence electrons. The molecule has 2 nitrogen and oxygen atoms in total. The first kappa shape index (κ1) is 25.3. The Bertz CT molecular complexity index is 866. The van der Waals surface area contributed by atoms with Crippen LogP contribution in [0.1, 0.15) is 54.7 Å². The summed E-state index contributed by atoms with van der Waals surface area (Å²) in [5, 5.41) is 0. The molecule has 1 fully saturated rings. The lowest BCUT2D eigenvalue weighted by Gasteiger charge is -2.32. The largest absolute Gasteiger partial charge is 0.497 e. The van der Waals surface area contributed by atoms with Crippen LogP contribution in [0.4, 0.5) is 0 Å². The van der Waals surface area contributed by atoms with Gasteiger partial charge < -0.3 is 9.64 Å². The summed E-state index contributed by atoms with van der Waals surface area (Å²) in [6, 6.07) is 30.7. The van der Waals surface area contributed by atoms with Gasteiger partial charge in [0, 0.05) is 5.92 Å². The van der Waals surface area contributed by atoms with Gasteiger partial charge in [-0.05, 0) is 92.9 Å². The van der Waals surface area contributed by atoms with E-state index in [4.69, 9.17) is 4.74 Å². The van der Waals surface area contributed by atoms with Gasteiger partial charge >= 0.3 is 0 Å². The summed E-state index contributed by atoms with van der Waals surface area (Å²) >= 11 is 0. The Morgan fingerprint density at radius 1 is 0.818 bits per heavy atom. The van der Waals surface area contributed by atoms with Gasteiger partial charge in [0.2, 0.25) is 0 Å². The summed E-state index contributed by atoms with van der Waals surface area (Å²) in [6.07, 6.45) is 7.66. The average molecular weight is 464 g/mol. The summed E-state index contributed by atoms with van der Waals surface area (Å²) in [7, 11) is 1.72. The molecule has 33 heavy (non-hydrogen) atoms. The number of hydrogen-bond acceptors (Lipinski definition) is 2. The molecule has 0 aromatic heterocycles. The minimum atomic E-state index is 0. The number of hydrogen-bond donors (Lipinski definition) is 0. The van der Waals surface area contributed by atoms with E-state index in [1.807, 2.05) is 0 Å². The minimum absolute atomic E-state index is 0. The van der Waals surface area contributed by atoms with Crippen LogP contribution in [-0.2, 0) is 6.42 Å². The van der Waals surface area contributed by atoms with Gasteiger partial charge in [-0.3, -0.25) is 0 Å².